The average Bonchev–Trinajstić information content (AvgIpc) is 2.41. The monoisotopic (exact) mass is 314 g/mol. The summed E-state index contributed by atoms with van der Waals surface area (Å²) in [5.74, 6) is 1.78. The van der Waals surface area contributed by atoms with Crippen molar-refractivity contribution in [3.05, 3.63) is 57.6 Å². The highest BCUT2D eigenvalue weighted by atomic mass is 35.5. The molecule has 0 spiro atoms. The molecule has 0 aliphatic heterocycles. The number of rotatable bonds is 4. The molecule has 0 radical (unpaired) electrons. The van der Waals surface area contributed by atoms with Gasteiger partial charge in [-0.25, -0.2) is 0 Å². The summed E-state index contributed by atoms with van der Waals surface area (Å²) in [4.78, 5) is 0. The second-order valence-electron chi connectivity index (χ2n) is 4.09. The smallest absolute Gasteiger partial charge is 0.133 e. The molecule has 0 fully saturated rings. The lowest BCUT2D eigenvalue weighted by Gasteiger charge is -2.11. The lowest BCUT2D eigenvalue weighted by Crippen LogP contribution is -1.91. The van der Waals surface area contributed by atoms with Gasteiger partial charge in [-0.2, -0.15) is 0 Å². The standard InChI is InChI=1S/C15H13Cl3O/c1-2-10-7-13(5-6-14(10)18)19-15-8-12(17)4-3-11(15)9-16/h3-8H,2,9H2,1H3. The lowest BCUT2D eigenvalue weighted by atomic mass is 10.1. The van der Waals surface area contributed by atoms with Crippen molar-refractivity contribution >= 4 is 34.8 Å². The van der Waals surface area contributed by atoms with Crippen LogP contribution in [0.4, 0.5) is 0 Å². The zero-order chi connectivity index (χ0) is 13.8. The third kappa shape index (κ3) is 3.56. The van der Waals surface area contributed by atoms with E-state index in [-0.39, 0.29) is 0 Å². The largest absolute Gasteiger partial charge is 0.457 e. The predicted molar refractivity (Wildman–Crippen MR) is 81.9 cm³/mol. The van der Waals surface area contributed by atoms with Crippen LogP contribution in [-0.2, 0) is 12.3 Å². The van der Waals surface area contributed by atoms with E-state index in [1.54, 1.807) is 12.1 Å². The van der Waals surface area contributed by atoms with Crippen LogP contribution in [0.2, 0.25) is 10.0 Å². The minimum absolute atomic E-state index is 0.376. The average molecular weight is 316 g/mol. The summed E-state index contributed by atoms with van der Waals surface area (Å²) in [6, 6.07) is 11.0. The van der Waals surface area contributed by atoms with Gasteiger partial charge in [0.1, 0.15) is 11.5 Å². The summed E-state index contributed by atoms with van der Waals surface area (Å²) < 4.78 is 5.85. The Balaban J connectivity index is 2.33. The Bertz CT molecular complexity index is 582. The summed E-state index contributed by atoms with van der Waals surface area (Å²) in [6.45, 7) is 2.05. The van der Waals surface area contributed by atoms with Crippen LogP contribution in [0.25, 0.3) is 0 Å². The van der Waals surface area contributed by atoms with Gasteiger partial charge in [0.05, 0.1) is 5.88 Å². The first-order valence-electron chi connectivity index (χ1n) is 5.94. The molecule has 100 valence electrons. The Kier molecular flexibility index (Phi) is 4.98. The fourth-order valence-corrected chi connectivity index (χ4v) is 2.38. The van der Waals surface area contributed by atoms with E-state index in [0.717, 1.165) is 28.3 Å². The van der Waals surface area contributed by atoms with E-state index in [1.807, 2.05) is 24.3 Å². The van der Waals surface area contributed by atoms with Crippen molar-refractivity contribution in [3.8, 4) is 11.5 Å². The van der Waals surface area contributed by atoms with E-state index in [0.29, 0.717) is 16.7 Å². The molecule has 0 amide bonds. The topological polar surface area (TPSA) is 9.23 Å². The molecule has 0 saturated carbocycles. The second kappa shape index (κ2) is 6.51. The van der Waals surface area contributed by atoms with Crippen molar-refractivity contribution in [2.75, 3.05) is 0 Å². The number of aryl methyl sites for hydroxylation is 1. The van der Waals surface area contributed by atoms with Crippen molar-refractivity contribution < 1.29 is 4.74 Å². The number of alkyl halides is 1. The summed E-state index contributed by atoms with van der Waals surface area (Å²) in [5.41, 5.74) is 1.95. The number of ether oxygens (including phenoxy) is 1. The summed E-state index contributed by atoms with van der Waals surface area (Å²) in [5, 5.41) is 1.37. The molecule has 0 N–H and O–H groups in total. The van der Waals surface area contributed by atoms with Crippen molar-refractivity contribution in [1.29, 1.82) is 0 Å². The van der Waals surface area contributed by atoms with E-state index < -0.39 is 0 Å². The van der Waals surface area contributed by atoms with Crippen LogP contribution in [0.5, 0.6) is 11.5 Å². The van der Waals surface area contributed by atoms with Gasteiger partial charge in [0, 0.05) is 15.6 Å². The van der Waals surface area contributed by atoms with Gasteiger partial charge in [0.2, 0.25) is 0 Å². The van der Waals surface area contributed by atoms with Gasteiger partial charge in [-0.1, -0.05) is 36.2 Å². The van der Waals surface area contributed by atoms with Crippen LogP contribution < -0.4 is 4.74 Å². The maximum atomic E-state index is 6.09. The van der Waals surface area contributed by atoms with Crippen LogP contribution in [0.3, 0.4) is 0 Å². The SMILES string of the molecule is CCc1cc(Oc2cc(Cl)ccc2CCl)ccc1Cl. The first-order chi connectivity index (χ1) is 9.13. The molecule has 0 aromatic heterocycles. The predicted octanol–water partition coefficient (Wildman–Crippen LogP) is 6.09. The minimum Gasteiger partial charge on any atom is -0.457 e. The Morgan fingerprint density at radius 2 is 1.79 bits per heavy atom. The first kappa shape index (κ1) is 14.5. The molecule has 1 nitrogen and oxygen atoms in total. The van der Waals surface area contributed by atoms with Crippen molar-refractivity contribution in [3.63, 3.8) is 0 Å². The van der Waals surface area contributed by atoms with E-state index in [4.69, 9.17) is 39.5 Å². The third-order valence-corrected chi connectivity index (χ3v) is 3.69. The molecule has 0 unspecified atom stereocenters. The molecule has 0 bridgehead atoms. The molecule has 0 saturated heterocycles. The van der Waals surface area contributed by atoms with Crippen molar-refractivity contribution in [2.24, 2.45) is 0 Å². The maximum absolute atomic E-state index is 6.09. The summed E-state index contributed by atoms with van der Waals surface area (Å²) in [7, 11) is 0. The van der Waals surface area contributed by atoms with Gasteiger partial charge in [0.25, 0.3) is 0 Å². The van der Waals surface area contributed by atoms with Crippen LogP contribution in [0.15, 0.2) is 36.4 Å². The first-order valence-corrected chi connectivity index (χ1v) is 7.23. The molecule has 19 heavy (non-hydrogen) atoms. The minimum atomic E-state index is 0.376. The number of halogens is 3. The highest BCUT2D eigenvalue weighted by Crippen LogP contribution is 2.31. The maximum Gasteiger partial charge on any atom is 0.133 e. The number of hydrogen-bond donors (Lipinski definition) is 0. The van der Waals surface area contributed by atoms with Crippen LogP contribution in [0, 0.1) is 0 Å². The zero-order valence-corrected chi connectivity index (χ0v) is 12.7. The third-order valence-electron chi connectivity index (χ3n) is 2.80. The van der Waals surface area contributed by atoms with Gasteiger partial charge in [-0.3, -0.25) is 0 Å². The van der Waals surface area contributed by atoms with Gasteiger partial charge >= 0.3 is 0 Å². The molecule has 2 rings (SSSR count). The van der Waals surface area contributed by atoms with Gasteiger partial charge < -0.3 is 4.74 Å². The highest BCUT2D eigenvalue weighted by Gasteiger charge is 2.07. The van der Waals surface area contributed by atoms with Crippen molar-refractivity contribution in [2.45, 2.75) is 19.2 Å². The Labute approximate surface area is 128 Å². The van der Waals surface area contributed by atoms with Gasteiger partial charge in [-0.15, -0.1) is 11.6 Å². The number of benzene rings is 2. The normalized spacial score (nSPS) is 10.5. The Morgan fingerprint density at radius 1 is 1.00 bits per heavy atom. The van der Waals surface area contributed by atoms with Crippen LogP contribution >= 0.6 is 34.8 Å². The lowest BCUT2D eigenvalue weighted by molar-refractivity contribution is 0.478. The molecular weight excluding hydrogens is 303 g/mol. The summed E-state index contributed by atoms with van der Waals surface area (Å²) in [6.07, 6.45) is 0.855. The zero-order valence-electron chi connectivity index (χ0n) is 10.4. The van der Waals surface area contributed by atoms with Crippen molar-refractivity contribution in [1.82, 2.24) is 0 Å². The van der Waals surface area contributed by atoms with E-state index in [2.05, 4.69) is 6.92 Å². The Hall–Kier alpha value is -0.890. The molecule has 2 aromatic rings. The van der Waals surface area contributed by atoms with E-state index in [1.165, 1.54) is 0 Å². The van der Waals surface area contributed by atoms with E-state index >= 15 is 0 Å². The molecular formula is C15H13Cl3O. The van der Waals surface area contributed by atoms with E-state index in [9.17, 15) is 0 Å². The van der Waals surface area contributed by atoms with Crippen LogP contribution in [0.1, 0.15) is 18.1 Å². The molecule has 0 aliphatic rings. The second-order valence-corrected chi connectivity index (χ2v) is 5.21. The highest BCUT2D eigenvalue weighted by molar-refractivity contribution is 6.31. The fraction of sp³-hybridized carbons (Fsp3) is 0.200. The Morgan fingerprint density at radius 3 is 2.47 bits per heavy atom. The molecule has 0 atom stereocenters. The quantitative estimate of drug-likeness (QED) is 0.621. The van der Waals surface area contributed by atoms with Crippen LogP contribution in [-0.4, -0.2) is 0 Å². The fourth-order valence-electron chi connectivity index (χ4n) is 1.75. The van der Waals surface area contributed by atoms with Gasteiger partial charge in [0.15, 0.2) is 0 Å². The molecule has 0 aliphatic carbocycles. The summed E-state index contributed by atoms with van der Waals surface area (Å²) >= 11 is 18.0. The van der Waals surface area contributed by atoms with Gasteiger partial charge in [-0.05, 0) is 42.3 Å². The molecule has 0 heterocycles. The number of hydrogen-bond acceptors (Lipinski definition) is 1. The molecule has 4 heteroatoms. The molecule has 2 aromatic carbocycles.